The van der Waals surface area contributed by atoms with Gasteiger partial charge in [0, 0.05) is 31.6 Å². The third kappa shape index (κ3) is 5.46. The van der Waals surface area contributed by atoms with Gasteiger partial charge in [-0.15, -0.1) is 0 Å². The molecule has 1 saturated heterocycles. The van der Waals surface area contributed by atoms with E-state index in [0.717, 1.165) is 13.1 Å². The van der Waals surface area contributed by atoms with Crippen LogP contribution in [-0.2, 0) is 9.59 Å². The molecule has 20 heavy (non-hydrogen) atoms. The first kappa shape index (κ1) is 15.3. The number of amides is 1. The maximum atomic E-state index is 11.9. The van der Waals surface area contributed by atoms with Crippen molar-refractivity contribution in [3.63, 3.8) is 0 Å². The number of hydrogen-bond donors (Lipinski definition) is 3. The van der Waals surface area contributed by atoms with E-state index in [2.05, 4.69) is 15.5 Å². The van der Waals surface area contributed by atoms with E-state index >= 15 is 0 Å². The number of rotatable bonds is 9. The standard InChI is InChI=1S/C14H25N3O3/c18-13(16-8-2-4-14(19)20)10-17(12-5-6-12)9-11-3-1-7-15-11/h11-12,15H,1-10H2,(H,16,18)(H,19,20). The number of hydrogen-bond acceptors (Lipinski definition) is 4. The van der Waals surface area contributed by atoms with Crippen LogP contribution in [0.3, 0.4) is 0 Å². The fraction of sp³-hybridized carbons (Fsp3) is 0.857. The highest BCUT2D eigenvalue weighted by Gasteiger charge is 2.32. The Morgan fingerprint density at radius 3 is 2.70 bits per heavy atom. The minimum Gasteiger partial charge on any atom is -0.481 e. The second-order valence-corrected chi connectivity index (χ2v) is 5.80. The molecule has 6 heteroatoms. The van der Waals surface area contributed by atoms with Crippen molar-refractivity contribution in [3.8, 4) is 0 Å². The highest BCUT2D eigenvalue weighted by Crippen LogP contribution is 2.27. The molecule has 2 aliphatic rings. The van der Waals surface area contributed by atoms with E-state index < -0.39 is 5.97 Å². The topological polar surface area (TPSA) is 81.7 Å². The third-order valence-electron chi connectivity index (χ3n) is 3.92. The van der Waals surface area contributed by atoms with E-state index in [0.29, 0.717) is 31.6 Å². The molecule has 0 aromatic carbocycles. The lowest BCUT2D eigenvalue weighted by atomic mass is 10.2. The number of aliphatic carboxylic acids is 1. The smallest absolute Gasteiger partial charge is 0.303 e. The average Bonchev–Trinajstić information content (AvgIpc) is 3.13. The zero-order valence-corrected chi connectivity index (χ0v) is 11.9. The summed E-state index contributed by atoms with van der Waals surface area (Å²) in [4.78, 5) is 24.5. The molecular formula is C14H25N3O3. The van der Waals surface area contributed by atoms with E-state index in [-0.39, 0.29) is 12.3 Å². The van der Waals surface area contributed by atoms with Crippen LogP contribution in [0.2, 0.25) is 0 Å². The molecule has 6 nitrogen and oxygen atoms in total. The first-order chi connectivity index (χ1) is 9.65. The van der Waals surface area contributed by atoms with E-state index in [4.69, 9.17) is 5.11 Å². The largest absolute Gasteiger partial charge is 0.481 e. The van der Waals surface area contributed by atoms with Crippen LogP contribution in [0.5, 0.6) is 0 Å². The fourth-order valence-corrected chi connectivity index (χ4v) is 2.69. The van der Waals surface area contributed by atoms with Gasteiger partial charge in [-0.05, 0) is 38.6 Å². The summed E-state index contributed by atoms with van der Waals surface area (Å²) in [7, 11) is 0. The van der Waals surface area contributed by atoms with Gasteiger partial charge >= 0.3 is 5.97 Å². The predicted molar refractivity (Wildman–Crippen MR) is 75.5 cm³/mol. The van der Waals surface area contributed by atoms with Crippen LogP contribution in [0.25, 0.3) is 0 Å². The Kier molecular flexibility index (Phi) is 5.79. The average molecular weight is 283 g/mol. The Bertz CT molecular complexity index is 339. The minimum atomic E-state index is -0.814. The molecule has 1 aliphatic carbocycles. The lowest BCUT2D eigenvalue weighted by molar-refractivity contribution is -0.137. The molecule has 1 unspecified atom stereocenters. The SMILES string of the molecule is O=C(O)CCCNC(=O)CN(CC1CCCN1)C1CC1. The van der Waals surface area contributed by atoms with Crippen LogP contribution >= 0.6 is 0 Å². The molecule has 3 N–H and O–H groups in total. The third-order valence-corrected chi connectivity index (χ3v) is 3.92. The summed E-state index contributed by atoms with van der Waals surface area (Å²) < 4.78 is 0. The second-order valence-electron chi connectivity index (χ2n) is 5.80. The summed E-state index contributed by atoms with van der Waals surface area (Å²) in [5.41, 5.74) is 0. The molecule has 0 bridgehead atoms. The Morgan fingerprint density at radius 2 is 2.10 bits per heavy atom. The lowest BCUT2D eigenvalue weighted by Gasteiger charge is -2.24. The zero-order chi connectivity index (χ0) is 14.4. The molecule has 0 aromatic heterocycles. The Balaban J connectivity index is 1.65. The van der Waals surface area contributed by atoms with Gasteiger partial charge in [0.25, 0.3) is 0 Å². The predicted octanol–water partition coefficient (Wildman–Crippen LogP) is 0.184. The van der Waals surface area contributed by atoms with Crippen molar-refractivity contribution in [2.45, 2.75) is 50.6 Å². The van der Waals surface area contributed by atoms with Crippen molar-refractivity contribution >= 4 is 11.9 Å². The van der Waals surface area contributed by atoms with Crippen LogP contribution in [-0.4, -0.2) is 60.1 Å². The Labute approximate surface area is 119 Å². The quantitative estimate of drug-likeness (QED) is 0.526. The molecule has 1 amide bonds. The van der Waals surface area contributed by atoms with Crippen molar-refractivity contribution in [2.75, 3.05) is 26.2 Å². The molecule has 0 spiro atoms. The second kappa shape index (κ2) is 7.59. The minimum absolute atomic E-state index is 0.0142. The van der Waals surface area contributed by atoms with Gasteiger partial charge in [-0.3, -0.25) is 14.5 Å². The van der Waals surface area contributed by atoms with Crippen LogP contribution in [0, 0.1) is 0 Å². The van der Waals surface area contributed by atoms with Crippen LogP contribution in [0.15, 0.2) is 0 Å². The van der Waals surface area contributed by atoms with E-state index in [1.807, 2.05) is 0 Å². The number of carboxylic acid groups (broad SMARTS) is 1. The van der Waals surface area contributed by atoms with E-state index in [9.17, 15) is 9.59 Å². The zero-order valence-electron chi connectivity index (χ0n) is 11.9. The molecule has 1 aliphatic heterocycles. The number of carbonyl (C=O) groups is 2. The summed E-state index contributed by atoms with van der Waals surface area (Å²) >= 11 is 0. The van der Waals surface area contributed by atoms with E-state index in [1.165, 1.54) is 25.7 Å². The number of nitrogens with one attached hydrogen (secondary N) is 2. The molecule has 2 fully saturated rings. The van der Waals surface area contributed by atoms with Gasteiger partial charge in [-0.1, -0.05) is 0 Å². The summed E-state index contributed by atoms with van der Waals surface area (Å²) in [5, 5.41) is 14.8. The van der Waals surface area contributed by atoms with Crippen LogP contribution in [0.4, 0.5) is 0 Å². The molecule has 1 atom stereocenters. The van der Waals surface area contributed by atoms with Gasteiger partial charge in [-0.2, -0.15) is 0 Å². The molecule has 0 aromatic rings. The molecule has 114 valence electrons. The van der Waals surface area contributed by atoms with Gasteiger partial charge in [0.05, 0.1) is 6.54 Å². The van der Waals surface area contributed by atoms with Crippen LogP contribution in [0.1, 0.15) is 38.5 Å². The first-order valence-corrected chi connectivity index (χ1v) is 7.61. The van der Waals surface area contributed by atoms with Crippen molar-refractivity contribution in [2.24, 2.45) is 0 Å². The van der Waals surface area contributed by atoms with Crippen molar-refractivity contribution < 1.29 is 14.7 Å². The van der Waals surface area contributed by atoms with Gasteiger partial charge in [0.2, 0.25) is 5.91 Å². The summed E-state index contributed by atoms with van der Waals surface area (Å²) in [6, 6.07) is 1.09. The van der Waals surface area contributed by atoms with Crippen LogP contribution < -0.4 is 10.6 Å². The monoisotopic (exact) mass is 283 g/mol. The first-order valence-electron chi connectivity index (χ1n) is 7.61. The maximum Gasteiger partial charge on any atom is 0.303 e. The van der Waals surface area contributed by atoms with Gasteiger partial charge < -0.3 is 15.7 Å². The normalized spacial score (nSPS) is 22.1. The van der Waals surface area contributed by atoms with Gasteiger partial charge in [0.1, 0.15) is 0 Å². The highest BCUT2D eigenvalue weighted by molar-refractivity contribution is 5.78. The van der Waals surface area contributed by atoms with Gasteiger partial charge in [-0.25, -0.2) is 0 Å². The summed E-state index contributed by atoms with van der Waals surface area (Å²) in [6.45, 7) is 2.93. The molecule has 1 heterocycles. The summed E-state index contributed by atoms with van der Waals surface area (Å²) in [6.07, 6.45) is 5.42. The van der Waals surface area contributed by atoms with Gasteiger partial charge in [0.15, 0.2) is 0 Å². The molecule has 1 saturated carbocycles. The lowest BCUT2D eigenvalue weighted by Crippen LogP contribution is -2.44. The fourth-order valence-electron chi connectivity index (χ4n) is 2.69. The number of carboxylic acids is 1. The Morgan fingerprint density at radius 1 is 1.30 bits per heavy atom. The summed E-state index contributed by atoms with van der Waals surface area (Å²) in [5.74, 6) is -0.800. The molecule has 0 radical (unpaired) electrons. The Hall–Kier alpha value is -1.14. The molecular weight excluding hydrogens is 258 g/mol. The maximum absolute atomic E-state index is 11.9. The van der Waals surface area contributed by atoms with Crippen molar-refractivity contribution in [3.05, 3.63) is 0 Å². The highest BCUT2D eigenvalue weighted by atomic mass is 16.4. The number of nitrogens with zero attached hydrogens (tertiary/aromatic N) is 1. The van der Waals surface area contributed by atoms with Crippen molar-refractivity contribution in [1.29, 1.82) is 0 Å². The van der Waals surface area contributed by atoms with E-state index in [1.54, 1.807) is 0 Å². The van der Waals surface area contributed by atoms with Crippen molar-refractivity contribution in [1.82, 2.24) is 15.5 Å². The number of carbonyl (C=O) groups excluding carboxylic acids is 1. The molecule has 2 rings (SSSR count).